The zero-order valence-electron chi connectivity index (χ0n) is 20.3. The molecular formula is C26H27N7OS. The summed E-state index contributed by atoms with van der Waals surface area (Å²) in [6, 6.07) is 9.93. The highest BCUT2D eigenvalue weighted by molar-refractivity contribution is 7.12. The number of piperazine rings is 1. The van der Waals surface area contributed by atoms with E-state index in [1.165, 1.54) is 9.75 Å². The SMILES string of the molecule is Cc1cc(-c2cc(C(=O)N3CCN(c4ncccc4C#N)CC3)c3cnn(C(C)C)c3n2)c(C)s1. The van der Waals surface area contributed by atoms with E-state index in [9.17, 15) is 10.1 Å². The number of pyridine rings is 2. The van der Waals surface area contributed by atoms with Gasteiger partial charge in [0, 0.05) is 53.7 Å². The Labute approximate surface area is 208 Å². The second-order valence-electron chi connectivity index (χ2n) is 9.07. The number of thiophene rings is 1. The molecule has 9 heteroatoms. The first-order chi connectivity index (χ1) is 16.9. The molecule has 0 spiro atoms. The second kappa shape index (κ2) is 9.12. The molecule has 0 unspecified atom stereocenters. The lowest BCUT2D eigenvalue weighted by atomic mass is 10.1. The van der Waals surface area contributed by atoms with Crippen LogP contribution in [0.3, 0.4) is 0 Å². The monoisotopic (exact) mass is 485 g/mol. The van der Waals surface area contributed by atoms with Gasteiger partial charge in [0.2, 0.25) is 0 Å². The Morgan fingerprint density at radius 2 is 1.94 bits per heavy atom. The highest BCUT2D eigenvalue weighted by Crippen LogP contribution is 2.33. The largest absolute Gasteiger partial charge is 0.352 e. The van der Waals surface area contributed by atoms with E-state index >= 15 is 0 Å². The molecule has 0 aromatic carbocycles. The van der Waals surface area contributed by atoms with Crippen molar-refractivity contribution in [3.05, 3.63) is 57.5 Å². The van der Waals surface area contributed by atoms with Crippen molar-refractivity contribution in [3.8, 4) is 17.3 Å². The quantitative estimate of drug-likeness (QED) is 0.420. The molecular weight excluding hydrogens is 458 g/mol. The number of hydrogen-bond donors (Lipinski definition) is 0. The molecule has 0 saturated carbocycles. The summed E-state index contributed by atoms with van der Waals surface area (Å²) < 4.78 is 1.88. The first-order valence-corrected chi connectivity index (χ1v) is 12.5. The van der Waals surface area contributed by atoms with Crippen LogP contribution in [0.1, 0.15) is 45.6 Å². The lowest BCUT2D eigenvalue weighted by Crippen LogP contribution is -2.49. The molecule has 0 N–H and O–H groups in total. The number of rotatable bonds is 4. The van der Waals surface area contributed by atoms with Crippen LogP contribution in [0.5, 0.6) is 0 Å². The number of aromatic nitrogens is 4. The Balaban J connectivity index is 1.49. The maximum Gasteiger partial charge on any atom is 0.254 e. The lowest BCUT2D eigenvalue weighted by molar-refractivity contribution is 0.0748. The van der Waals surface area contributed by atoms with Crippen LogP contribution in [0.25, 0.3) is 22.3 Å². The van der Waals surface area contributed by atoms with E-state index in [4.69, 9.17) is 4.98 Å². The zero-order chi connectivity index (χ0) is 24.7. The third-order valence-corrected chi connectivity index (χ3v) is 7.34. The summed E-state index contributed by atoms with van der Waals surface area (Å²) in [7, 11) is 0. The predicted molar refractivity (Wildman–Crippen MR) is 138 cm³/mol. The van der Waals surface area contributed by atoms with Crippen LogP contribution < -0.4 is 4.90 Å². The molecule has 1 fully saturated rings. The van der Waals surface area contributed by atoms with E-state index in [1.807, 2.05) is 15.6 Å². The molecule has 1 aliphatic heterocycles. The number of anilines is 1. The molecule has 1 saturated heterocycles. The molecule has 1 amide bonds. The average Bonchev–Trinajstić information content (AvgIpc) is 3.45. The highest BCUT2D eigenvalue weighted by atomic mass is 32.1. The van der Waals surface area contributed by atoms with Crippen LogP contribution >= 0.6 is 11.3 Å². The lowest BCUT2D eigenvalue weighted by Gasteiger charge is -2.35. The van der Waals surface area contributed by atoms with Gasteiger partial charge in [0.15, 0.2) is 5.65 Å². The smallest absolute Gasteiger partial charge is 0.254 e. The molecule has 0 bridgehead atoms. The van der Waals surface area contributed by atoms with Crippen molar-refractivity contribution in [3.63, 3.8) is 0 Å². The molecule has 1 aliphatic rings. The fourth-order valence-corrected chi connectivity index (χ4v) is 5.56. The van der Waals surface area contributed by atoms with Crippen LogP contribution in [-0.2, 0) is 0 Å². The highest BCUT2D eigenvalue weighted by Gasteiger charge is 2.27. The van der Waals surface area contributed by atoms with Gasteiger partial charge in [-0.2, -0.15) is 10.4 Å². The number of carbonyl (C=O) groups is 1. The van der Waals surface area contributed by atoms with Gasteiger partial charge in [0.25, 0.3) is 5.91 Å². The fourth-order valence-electron chi connectivity index (χ4n) is 4.62. The van der Waals surface area contributed by atoms with Crippen LogP contribution in [0.15, 0.2) is 36.7 Å². The fraction of sp³-hybridized carbons (Fsp3) is 0.346. The van der Waals surface area contributed by atoms with Crippen molar-refractivity contribution in [1.82, 2.24) is 24.6 Å². The topological polar surface area (TPSA) is 90.9 Å². The van der Waals surface area contributed by atoms with Gasteiger partial charge in [0.05, 0.1) is 28.4 Å². The van der Waals surface area contributed by atoms with Gasteiger partial charge < -0.3 is 9.80 Å². The molecule has 5 rings (SSSR count). The van der Waals surface area contributed by atoms with Crippen LogP contribution in [0.2, 0.25) is 0 Å². The van der Waals surface area contributed by atoms with Crippen molar-refractivity contribution in [1.29, 1.82) is 5.26 Å². The number of fused-ring (bicyclic) bond motifs is 1. The maximum atomic E-state index is 13.8. The summed E-state index contributed by atoms with van der Waals surface area (Å²) in [5.74, 6) is 0.657. The van der Waals surface area contributed by atoms with Gasteiger partial charge in [-0.3, -0.25) is 4.79 Å². The van der Waals surface area contributed by atoms with E-state index in [1.54, 1.807) is 35.9 Å². The van der Waals surface area contributed by atoms with Gasteiger partial charge in [-0.1, -0.05) is 0 Å². The molecule has 4 aromatic rings. The van der Waals surface area contributed by atoms with Gasteiger partial charge in [0.1, 0.15) is 11.9 Å². The summed E-state index contributed by atoms with van der Waals surface area (Å²) in [6.45, 7) is 10.6. The Morgan fingerprint density at radius 3 is 2.60 bits per heavy atom. The number of nitrogens with zero attached hydrogens (tertiary/aromatic N) is 7. The Hall–Kier alpha value is -3.77. The maximum absolute atomic E-state index is 13.8. The van der Waals surface area contributed by atoms with Gasteiger partial charge in [-0.05, 0) is 52.0 Å². The second-order valence-corrected chi connectivity index (χ2v) is 10.5. The van der Waals surface area contributed by atoms with Crippen LogP contribution in [-0.4, -0.2) is 56.7 Å². The van der Waals surface area contributed by atoms with Crippen molar-refractivity contribution in [2.45, 2.75) is 33.7 Å². The summed E-state index contributed by atoms with van der Waals surface area (Å²) in [5.41, 5.74) is 3.77. The van der Waals surface area contributed by atoms with E-state index in [-0.39, 0.29) is 11.9 Å². The zero-order valence-corrected chi connectivity index (χ0v) is 21.1. The van der Waals surface area contributed by atoms with Gasteiger partial charge in [-0.25, -0.2) is 14.6 Å². The van der Waals surface area contributed by atoms with Crippen molar-refractivity contribution >= 4 is 34.1 Å². The Bertz CT molecular complexity index is 1450. The molecule has 0 radical (unpaired) electrons. The molecule has 8 nitrogen and oxygen atoms in total. The predicted octanol–water partition coefficient (Wildman–Crippen LogP) is 4.59. The average molecular weight is 486 g/mol. The molecule has 5 heterocycles. The number of hydrogen-bond acceptors (Lipinski definition) is 7. The van der Waals surface area contributed by atoms with Gasteiger partial charge >= 0.3 is 0 Å². The normalized spacial score (nSPS) is 14.1. The molecule has 4 aromatic heterocycles. The van der Waals surface area contributed by atoms with Crippen molar-refractivity contribution in [2.24, 2.45) is 0 Å². The number of carbonyl (C=O) groups excluding carboxylic acids is 1. The molecule has 0 atom stereocenters. The van der Waals surface area contributed by atoms with Crippen LogP contribution in [0.4, 0.5) is 5.82 Å². The minimum absolute atomic E-state index is 0.0206. The molecule has 0 aliphatic carbocycles. The van der Waals surface area contributed by atoms with E-state index in [2.05, 4.69) is 54.8 Å². The summed E-state index contributed by atoms with van der Waals surface area (Å²) in [6.07, 6.45) is 3.46. The third kappa shape index (κ3) is 4.15. The number of aryl methyl sites for hydroxylation is 2. The minimum atomic E-state index is -0.0206. The Morgan fingerprint density at radius 1 is 1.17 bits per heavy atom. The molecule has 35 heavy (non-hydrogen) atoms. The van der Waals surface area contributed by atoms with E-state index in [0.29, 0.717) is 43.1 Å². The first-order valence-electron chi connectivity index (χ1n) is 11.7. The summed E-state index contributed by atoms with van der Waals surface area (Å²) in [5, 5.41) is 14.8. The van der Waals surface area contributed by atoms with E-state index < -0.39 is 0 Å². The summed E-state index contributed by atoms with van der Waals surface area (Å²) >= 11 is 1.73. The number of nitriles is 1. The minimum Gasteiger partial charge on any atom is -0.352 e. The van der Waals surface area contributed by atoms with E-state index in [0.717, 1.165) is 22.3 Å². The first kappa shape index (κ1) is 23.0. The summed E-state index contributed by atoms with van der Waals surface area (Å²) in [4.78, 5) is 29.5. The van der Waals surface area contributed by atoms with Crippen molar-refractivity contribution in [2.75, 3.05) is 31.1 Å². The number of amides is 1. The Kier molecular flexibility index (Phi) is 5.99. The third-order valence-electron chi connectivity index (χ3n) is 6.38. The van der Waals surface area contributed by atoms with Crippen molar-refractivity contribution < 1.29 is 4.79 Å². The standard InChI is InChI=1S/C26H27N7OS/c1-16(2)33-25-22(15-29-33)21(13-23(30-25)20-12-17(3)35-18(20)4)26(34)32-10-8-31(9-11-32)24-19(14-27)6-5-7-28-24/h5-7,12-13,15-16H,8-11H2,1-4H3. The molecule has 178 valence electrons. The van der Waals surface area contributed by atoms with Gasteiger partial charge in [-0.15, -0.1) is 11.3 Å². The van der Waals surface area contributed by atoms with Crippen LogP contribution in [0, 0.1) is 25.2 Å².